The summed E-state index contributed by atoms with van der Waals surface area (Å²) in [5.74, 6) is -5.39. The number of rotatable bonds is 5. The van der Waals surface area contributed by atoms with Gasteiger partial charge in [0.2, 0.25) is 11.8 Å². The van der Waals surface area contributed by atoms with E-state index in [1.807, 2.05) is 20.8 Å². The minimum atomic E-state index is -3.58. The smallest absolute Gasteiger partial charge is 0.408 e. The number of fused-ring (bicyclic) bond motifs is 5. The normalized spacial score (nSPS) is 29.4. The average Bonchev–Trinajstić information content (AvgIpc) is 3.51. The number of methoxy groups -OCH3 is 1. The van der Waals surface area contributed by atoms with Crippen molar-refractivity contribution in [2.24, 2.45) is 23.2 Å². The quantitative estimate of drug-likeness (QED) is 0.290. The largest absolute Gasteiger partial charge is 0.497 e. The van der Waals surface area contributed by atoms with Crippen LogP contribution in [0, 0.1) is 23.2 Å². The van der Waals surface area contributed by atoms with Crippen molar-refractivity contribution in [3.8, 4) is 11.6 Å². The maximum atomic E-state index is 16.1. The van der Waals surface area contributed by atoms with Crippen LogP contribution in [0.15, 0.2) is 30.4 Å². The number of nitrogens with zero attached hydrogens (tertiary/aromatic N) is 3. The average molecular weight is 687 g/mol. The fourth-order valence-corrected chi connectivity index (χ4v) is 6.68. The number of halogens is 2. The van der Waals surface area contributed by atoms with Crippen molar-refractivity contribution < 1.29 is 42.1 Å². The number of carbonyl (C=O) groups excluding carboxylic acids is 3. The molecule has 1 saturated carbocycles. The monoisotopic (exact) mass is 686 g/mol. The number of amides is 2. The van der Waals surface area contributed by atoms with E-state index in [1.54, 1.807) is 45.9 Å². The fourth-order valence-electron chi connectivity index (χ4n) is 6.68. The summed E-state index contributed by atoms with van der Waals surface area (Å²) in [6.07, 6.45) is 2.21. The molecule has 0 radical (unpaired) electrons. The van der Waals surface area contributed by atoms with Gasteiger partial charge in [-0.2, -0.15) is 8.78 Å². The van der Waals surface area contributed by atoms with Crippen LogP contribution in [-0.2, 0) is 25.0 Å². The Kier molecular flexibility index (Phi) is 10.1. The Bertz CT molecular complexity index is 1610. The lowest BCUT2D eigenvalue weighted by Crippen LogP contribution is -2.57. The van der Waals surface area contributed by atoms with Gasteiger partial charge in [-0.1, -0.05) is 47.6 Å². The van der Waals surface area contributed by atoms with Gasteiger partial charge in [0, 0.05) is 17.9 Å². The molecule has 1 aliphatic carbocycles. The number of hydrogen-bond donors (Lipinski definition) is 1. The Labute approximate surface area is 286 Å². The first-order valence-electron chi connectivity index (χ1n) is 17.0. The predicted octanol–water partition coefficient (Wildman–Crippen LogP) is 6.18. The molecule has 2 amide bonds. The van der Waals surface area contributed by atoms with E-state index in [0.717, 1.165) is 6.08 Å². The van der Waals surface area contributed by atoms with E-state index >= 15 is 8.78 Å². The second-order valence-corrected chi connectivity index (χ2v) is 15.1. The Morgan fingerprint density at radius 1 is 1.18 bits per heavy atom. The SMILES string of the molecule is CC[C@@H]1[C@@H]2CN(C(=O)[C@H](C(C)(C)C)NC(=O)O[C@]3(C)C[C@H]3CC/C=C/C(F)(F)c3nc4ccc(OC)cc4nc3O2)[C@@H]1C(=O)OCC(C)C. The van der Waals surface area contributed by atoms with Crippen molar-refractivity contribution in [2.75, 3.05) is 20.3 Å². The lowest BCUT2D eigenvalue weighted by Gasteiger charge is -2.35. The Hall–Kier alpha value is -4.03. The number of hydrogen-bond acceptors (Lipinski definition) is 9. The van der Waals surface area contributed by atoms with Crippen molar-refractivity contribution >= 4 is 29.0 Å². The van der Waals surface area contributed by atoms with Gasteiger partial charge in [-0.3, -0.25) is 4.79 Å². The molecule has 13 heteroatoms. The van der Waals surface area contributed by atoms with Crippen LogP contribution in [0.1, 0.15) is 79.8 Å². The zero-order valence-electron chi connectivity index (χ0n) is 29.5. The summed E-state index contributed by atoms with van der Waals surface area (Å²) in [7, 11) is 1.48. The highest BCUT2D eigenvalue weighted by atomic mass is 19.3. The van der Waals surface area contributed by atoms with Gasteiger partial charge in [-0.15, -0.1) is 0 Å². The molecule has 0 unspecified atom stereocenters. The number of alkyl halides is 2. The molecule has 2 aromatic rings. The van der Waals surface area contributed by atoms with Gasteiger partial charge in [0.15, 0.2) is 5.69 Å². The first kappa shape index (κ1) is 36.3. The van der Waals surface area contributed by atoms with E-state index in [1.165, 1.54) is 18.1 Å². The van der Waals surface area contributed by atoms with Crippen molar-refractivity contribution in [3.05, 3.63) is 36.0 Å². The molecule has 11 nitrogen and oxygen atoms in total. The van der Waals surface area contributed by atoms with Crippen molar-refractivity contribution in [1.29, 1.82) is 0 Å². The zero-order valence-corrected chi connectivity index (χ0v) is 29.5. The molecule has 1 N–H and O–H groups in total. The number of benzene rings is 1. The van der Waals surface area contributed by atoms with Gasteiger partial charge < -0.3 is 29.2 Å². The number of aromatic nitrogens is 2. The molecule has 49 heavy (non-hydrogen) atoms. The topological polar surface area (TPSA) is 129 Å². The molecule has 2 bridgehead atoms. The number of alkyl carbamates (subject to hydrolysis) is 1. The minimum Gasteiger partial charge on any atom is -0.497 e. The Morgan fingerprint density at radius 3 is 2.57 bits per heavy atom. The van der Waals surface area contributed by atoms with Gasteiger partial charge in [0.05, 0.1) is 31.3 Å². The molecule has 2 fully saturated rings. The van der Waals surface area contributed by atoms with Crippen LogP contribution >= 0.6 is 0 Å². The molecule has 1 saturated heterocycles. The van der Waals surface area contributed by atoms with E-state index in [0.29, 0.717) is 31.4 Å². The van der Waals surface area contributed by atoms with Crippen molar-refractivity contribution in [2.45, 2.75) is 104 Å². The number of carbonyl (C=O) groups is 3. The van der Waals surface area contributed by atoms with E-state index in [9.17, 15) is 14.4 Å². The summed E-state index contributed by atoms with van der Waals surface area (Å²) >= 11 is 0. The lowest BCUT2D eigenvalue weighted by molar-refractivity contribution is -0.157. The van der Waals surface area contributed by atoms with E-state index in [-0.39, 0.29) is 36.0 Å². The van der Waals surface area contributed by atoms with Crippen LogP contribution in [0.3, 0.4) is 0 Å². The molecule has 1 aromatic carbocycles. The third kappa shape index (κ3) is 7.75. The van der Waals surface area contributed by atoms with Gasteiger partial charge in [0.25, 0.3) is 0 Å². The van der Waals surface area contributed by atoms with Crippen LogP contribution in [0.2, 0.25) is 0 Å². The van der Waals surface area contributed by atoms with Gasteiger partial charge >= 0.3 is 18.0 Å². The highest BCUT2D eigenvalue weighted by Crippen LogP contribution is 2.50. The third-order valence-electron chi connectivity index (χ3n) is 9.63. The molecule has 5 rings (SSSR count). The van der Waals surface area contributed by atoms with Crippen LogP contribution in [0.5, 0.6) is 11.6 Å². The second-order valence-electron chi connectivity index (χ2n) is 15.1. The molecule has 3 heterocycles. The van der Waals surface area contributed by atoms with E-state index < -0.39 is 70.6 Å². The molecule has 6 atom stereocenters. The second kappa shape index (κ2) is 13.7. The zero-order chi connectivity index (χ0) is 35.9. The summed E-state index contributed by atoms with van der Waals surface area (Å²) in [5.41, 5.74) is -1.77. The van der Waals surface area contributed by atoms with Gasteiger partial charge in [0.1, 0.15) is 29.5 Å². The molecule has 2 aliphatic heterocycles. The van der Waals surface area contributed by atoms with Crippen molar-refractivity contribution in [1.82, 2.24) is 20.2 Å². The summed E-state index contributed by atoms with van der Waals surface area (Å²) in [6.45, 7) is 12.8. The summed E-state index contributed by atoms with van der Waals surface area (Å²) < 4.78 is 55.3. The number of nitrogens with one attached hydrogen (secondary N) is 1. The van der Waals surface area contributed by atoms with E-state index in [2.05, 4.69) is 15.3 Å². The number of allylic oxidation sites excluding steroid dienone is 2. The molecular formula is C36H48F2N4O7. The molecule has 0 spiro atoms. The van der Waals surface area contributed by atoms with Gasteiger partial charge in [-0.25, -0.2) is 19.6 Å². The van der Waals surface area contributed by atoms with Crippen LogP contribution in [-0.4, -0.2) is 76.9 Å². The summed E-state index contributed by atoms with van der Waals surface area (Å²) in [6, 6.07) is 2.53. The fraction of sp³-hybridized carbons (Fsp3) is 0.639. The molecule has 3 aliphatic rings. The third-order valence-corrected chi connectivity index (χ3v) is 9.63. The molecule has 1 aromatic heterocycles. The number of esters is 1. The minimum absolute atomic E-state index is 0.0263. The highest BCUT2D eigenvalue weighted by molar-refractivity contribution is 5.91. The molecular weight excluding hydrogens is 638 g/mol. The maximum Gasteiger partial charge on any atom is 0.408 e. The first-order valence-corrected chi connectivity index (χ1v) is 17.0. The predicted molar refractivity (Wildman–Crippen MR) is 177 cm³/mol. The Morgan fingerprint density at radius 2 is 1.92 bits per heavy atom. The molecule has 268 valence electrons. The van der Waals surface area contributed by atoms with Gasteiger partial charge in [-0.05, 0) is 62.1 Å². The van der Waals surface area contributed by atoms with Crippen molar-refractivity contribution in [3.63, 3.8) is 0 Å². The summed E-state index contributed by atoms with van der Waals surface area (Å²) in [4.78, 5) is 51.7. The maximum absolute atomic E-state index is 16.1. The first-order chi connectivity index (χ1) is 23.0. The lowest BCUT2D eigenvalue weighted by atomic mass is 9.85. The summed E-state index contributed by atoms with van der Waals surface area (Å²) in [5, 5.41) is 2.78. The number of ether oxygens (including phenoxy) is 4. The van der Waals surface area contributed by atoms with Crippen LogP contribution in [0.25, 0.3) is 11.0 Å². The van der Waals surface area contributed by atoms with Crippen LogP contribution < -0.4 is 14.8 Å². The van der Waals surface area contributed by atoms with Crippen LogP contribution in [0.4, 0.5) is 13.6 Å². The highest BCUT2D eigenvalue weighted by Gasteiger charge is 2.55. The van der Waals surface area contributed by atoms with E-state index in [4.69, 9.17) is 18.9 Å². The Balaban J connectivity index is 1.64. The standard InChI is InChI=1S/C36H48F2N4O7/c1-9-23-26-18-42(27(23)32(44)47-19-20(2)3)31(43)29(34(4,5)6)41-33(45)49-35(7)17-21(35)12-10-11-15-36(37,38)28-30(48-26)40-25-16-22(46-8)13-14-24(25)39-28/h11,13-16,20-21,23,26-27,29H,9-10,12,17-19H2,1-8H3,(H,41,45)/b15-11+/t21-,23-,26+,27+,29-,35-/m1/s1.